The van der Waals surface area contributed by atoms with Gasteiger partial charge in [-0.25, -0.2) is 4.98 Å². The maximum atomic E-state index is 12.8. The molecule has 1 atom stereocenters. The van der Waals surface area contributed by atoms with E-state index < -0.39 is 0 Å². The fourth-order valence-electron chi connectivity index (χ4n) is 3.36. The molecule has 1 fully saturated rings. The Hall–Kier alpha value is -2.14. The molecular formula is C17H19N3O2. The number of imidazole rings is 1. The summed E-state index contributed by atoms with van der Waals surface area (Å²) in [5.41, 5.74) is 3.12. The van der Waals surface area contributed by atoms with E-state index in [9.17, 15) is 4.79 Å². The van der Waals surface area contributed by atoms with E-state index in [1.807, 2.05) is 35.6 Å². The molecule has 0 radical (unpaired) electrons. The Bertz CT molecular complexity index is 681. The number of benzene rings is 1. The Balaban J connectivity index is 1.52. The van der Waals surface area contributed by atoms with Crippen molar-refractivity contribution >= 4 is 5.91 Å². The number of fused-ring (bicyclic) bond motifs is 1. The number of hydrogen-bond acceptors (Lipinski definition) is 3. The van der Waals surface area contributed by atoms with Crippen molar-refractivity contribution < 1.29 is 9.53 Å². The third-order valence-electron chi connectivity index (χ3n) is 4.60. The zero-order valence-electron chi connectivity index (χ0n) is 12.4. The van der Waals surface area contributed by atoms with Gasteiger partial charge in [-0.2, -0.15) is 0 Å². The van der Waals surface area contributed by atoms with Crippen molar-refractivity contribution in [3.8, 4) is 0 Å². The van der Waals surface area contributed by atoms with E-state index in [1.54, 1.807) is 6.20 Å². The molecule has 2 aromatic rings. The molecule has 5 heteroatoms. The van der Waals surface area contributed by atoms with Crippen molar-refractivity contribution in [2.45, 2.75) is 32.1 Å². The Morgan fingerprint density at radius 2 is 2.18 bits per heavy atom. The number of carbonyl (C=O) groups is 1. The standard InChI is InChI=1S/C17H19N3O2/c21-17(13-3-4-14-10-22-11-15(14)8-13)19-6-1-2-16(9-19)20-7-5-18-12-20/h3-5,7-8,12,16H,1-2,6,9-11H2. The third-order valence-corrected chi connectivity index (χ3v) is 4.60. The summed E-state index contributed by atoms with van der Waals surface area (Å²) in [5, 5.41) is 0. The van der Waals surface area contributed by atoms with Crippen LogP contribution < -0.4 is 0 Å². The highest BCUT2D eigenvalue weighted by molar-refractivity contribution is 5.94. The monoisotopic (exact) mass is 297 g/mol. The normalized spacial score (nSPS) is 20.9. The molecule has 0 saturated carbocycles. The highest BCUT2D eigenvalue weighted by atomic mass is 16.5. The van der Waals surface area contributed by atoms with Crippen LogP contribution in [-0.4, -0.2) is 33.4 Å². The predicted molar refractivity (Wildman–Crippen MR) is 81.3 cm³/mol. The number of ether oxygens (including phenoxy) is 1. The molecule has 0 bridgehead atoms. The van der Waals surface area contributed by atoms with Crippen molar-refractivity contribution in [2.75, 3.05) is 13.1 Å². The fraction of sp³-hybridized carbons (Fsp3) is 0.412. The van der Waals surface area contributed by atoms with Gasteiger partial charge in [-0.15, -0.1) is 0 Å². The van der Waals surface area contributed by atoms with Gasteiger partial charge in [0.1, 0.15) is 0 Å². The van der Waals surface area contributed by atoms with Crippen LogP contribution in [0.1, 0.15) is 40.4 Å². The highest BCUT2D eigenvalue weighted by Crippen LogP contribution is 2.25. The van der Waals surface area contributed by atoms with Crippen LogP contribution in [0.3, 0.4) is 0 Å². The predicted octanol–water partition coefficient (Wildman–Crippen LogP) is 2.39. The number of nitrogens with zero attached hydrogens (tertiary/aromatic N) is 3. The molecule has 1 saturated heterocycles. The topological polar surface area (TPSA) is 47.4 Å². The van der Waals surface area contributed by atoms with E-state index in [2.05, 4.69) is 9.55 Å². The molecule has 1 aromatic carbocycles. The lowest BCUT2D eigenvalue weighted by Crippen LogP contribution is -2.40. The van der Waals surface area contributed by atoms with E-state index in [4.69, 9.17) is 4.74 Å². The van der Waals surface area contributed by atoms with Crippen LogP contribution in [-0.2, 0) is 18.0 Å². The van der Waals surface area contributed by atoms with Gasteiger partial charge in [0.25, 0.3) is 5.91 Å². The summed E-state index contributed by atoms with van der Waals surface area (Å²) < 4.78 is 7.53. The Labute approximate surface area is 129 Å². The maximum Gasteiger partial charge on any atom is 0.253 e. The van der Waals surface area contributed by atoms with Crippen LogP contribution in [0, 0.1) is 0 Å². The van der Waals surface area contributed by atoms with Gasteiger partial charge in [0.05, 0.1) is 25.6 Å². The van der Waals surface area contributed by atoms with Crippen LogP contribution >= 0.6 is 0 Å². The Kier molecular flexibility index (Phi) is 3.42. The zero-order chi connectivity index (χ0) is 14.9. The third kappa shape index (κ3) is 2.41. The van der Waals surface area contributed by atoms with Crippen molar-refractivity contribution in [2.24, 2.45) is 0 Å². The fourth-order valence-corrected chi connectivity index (χ4v) is 3.36. The second kappa shape index (κ2) is 5.57. The average molecular weight is 297 g/mol. The highest BCUT2D eigenvalue weighted by Gasteiger charge is 2.26. The second-order valence-electron chi connectivity index (χ2n) is 6.03. The van der Waals surface area contributed by atoms with Crippen LogP contribution in [0.5, 0.6) is 0 Å². The van der Waals surface area contributed by atoms with Gasteiger partial charge in [0, 0.05) is 31.0 Å². The van der Waals surface area contributed by atoms with Gasteiger partial charge in [-0.05, 0) is 36.1 Å². The summed E-state index contributed by atoms with van der Waals surface area (Å²) >= 11 is 0. The zero-order valence-corrected chi connectivity index (χ0v) is 12.4. The van der Waals surface area contributed by atoms with Crippen molar-refractivity contribution in [1.29, 1.82) is 0 Å². The minimum atomic E-state index is 0.125. The quantitative estimate of drug-likeness (QED) is 0.855. The van der Waals surface area contributed by atoms with Crippen molar-refractivity contribution in [1.82, 2.24) is 14.5 Å². The van der Waals surface area contributed by atoms with E-state index >= 15 is 0 Å². The summed E-state index contributed by atoms with van der Waals surface area (Å²) in [6.45, 7) is 2.87. The summed E-state index contributed by atoms with van der Waals surface area (Å²) in [6.07, 6.45) is 7.73. The number of piperidine rings is 1. The lowest BCUT2D eigenvalue weighted by Gasteiger charge is -2.33. The van der Waals surface area contributed by atoms with Gasteiger partial charge < -0.3 is 14.2 Å². The first kappa shape index (κ1) is 13.5. The summed E-state index contributed by atoms with van der Waals surface area (Å²) in [7, 11) is 0. The maximum absolute atomic E-state index is 12.8. The van der Waals surface area contributed by atoms with E-state index in [0.29, 0.717) is 19.3 Å². The lowest BCUT2D eigenvalue weighted by molar-refractivity contribution is 0.0679. The molecule has 1 aromatic heterocycles. The first-order valence-corrected chi connectivity index (χ1v) is 7.77. The number of likely N-dealkylation sites (tertiary alicyclic amines) is 1. The smallest absolute Gasteiger partial charge is 0.253 e. The summed E-state index contributed by atoms with van der Waals surface area (Å²) in [4.78, 5) is 18.8. The number of amides is 1. The SMILES string of the molecule is O=C(c1ccc2c(c1)COC2)N1CCCC(n2ccnc2)C1. The largest absolute Gasteiger partial charge is 0.372 e. The molecule has 0 aliphatic carbocycles. The van der Waals surface area contributed by atoms with Gasteiger partial charge in [0.15, 0.2) is 0 Å². The Morgan fingerprint density at radius 1 is 1.27 bits per heavy atom. The second-order valence-corrected chi connectivity index (χ2v) is 6.03. The molecule has 5 nitrogen and oxygen atoms in total. The minimum absolute atomic E-state index is 0.125. The van der Waals surface area contributed by atoms with E-state index in [-0.39, 0.29) is 5.91 Å². The molecule has 2 aliphatic heterocycles. The number of rotatable bonds is 2. The first-order chi connectivity index (χ1) is 10.8. The van der Waals surface area contributed by atoms with Crippen molar-refractivity contribution in [3.63, 3.8) is 0 Å². The molecule has 114 valence electrons. The summed E-state index contributed by atoms with van der Waals surface area (Å²) in [5.74, 6) is 0.125. The molecule has 1 unspecified atom stereocenters. The van der Waals surface area contributed by atoms with Crippen LogP contribution in [0.15, 0.2) is 36.9 Å². The Morgan fingerprint density at radius 3 is 3.05 bits per heavy atom. The van der Waals surface area contributed by atoms with Crippen LogP contribution in [0.2, 0.25) is 0 Å². The molecular weight excluding hydrogens is 278 g/mol. The molecule has 4 rings (SSSR count). The lowest BCUT2D eigenvalue weighted by atomic mass is 10.0. The van der Waals surface area contributed by atoms with Gasteiger partial charge in [-0.1, -0.05) is 6.07 Å². The van der Waals surface area contributed by atoms with Gasteiger partial charge in [-0.3, -0.25) is 4.79 Å². The van der Waals surface area contributed by atoms with E-state index in [0.717, 1.165) is 37.1 Å². The average Bonchev–Trinajstić information content (AvgIpc) is 3.25. The number of carbonyl (C=O) groups excluding carboxylic acids is 1. The molecule has 3 heterocycles. The molecule has 0 N–H and O–H groups in total. The van der Waals surface area contributed by atoms with Crippen molar-refractivity contribution in [3.05, 3.63) is 53.6 Å². The molecule has 2 aliphatic rings. The van der Waals surface area contributed by atoms with Crippen LogP contribution in [0.4, 0.5) is 0 Å². The number of hydrogen-bond donors (Lipinski definition) is 0. The minimum Gasteiger partial charge on any atom is -0.372 e. The number of aromatic nitrogens is 2. The summed E-state index contributed by atoms with van der Waals surface area (Å²) in [6, 6.07) is 6.27. The van der Waals surface area contributed by atoms with E-state index in [1.165, 1.54) is 5.56 Å². The van der Waals surface area contributed by atoms with Gasteiger partial charge >= 0.3 is 0 Å². The first-order valence-electron chi connectivity index (χ1n) is 7.77. The van der Waals surface area contributed by atoms with Gasteiger partial charge in [0.2, 0.25) is 0 Å². The van der Waals surface area contributed by atoms with Crippen LogP contribution in [0.25, 0.3) is 0 Å². The molecule has 22 heavy (non-hydrogen) atoms. The molecule has 1 amide bonds. The molecule has 0 spiro atoms.